The average Bonchev–Trinajstić information content (AvgIpc) is 2.83. The number of benzene rings is 2. The van der Waals surface area contributed by atoms with Crippen LogP contribution in [-0.2, 0) is 4.79 Å². The number of para-hydroxylation sites is 2. The molecule has 110 valence electrons. The molecule has 1 aliphatic heterocycles. The molecule has 6 nitrogen and oxygen atoms in total. The molecule has 1 heterocycles. The maximum absolute atomic E-state index is 11.9. The van der Waals surface area contributed by atoms with Crippen LogP contribution in [0.3, 0.4) is 0 Å². The molecule has 0 aromatic heterocycles. The lowest BCUT2D eigenvalue weighted by Gasteiger charge is -2.04. The highest BCUT2D eigenvalue weighted by Crippen LogP contribution is 2.30. The Labute approximate surface area is 126 Å². The first-order valence-electron chi connectivity index (χ1n) is 6.68. The van der Waals surface area contributed by atoms with Gasteiger partial charge in [0.05, 0.1) is 5.56 Å². The Kier molecular flexibility index (Phi) is 3.57. The van der Waals surface area contributed by atoms with Crippen LogP contribution in [0.2, 0.25) is 0 Å². The number of anilines is 1. The summed E-state index contributed by atoms with van der Waals surface area (Å²) in [7, 11) is 0. The van der Waals surface area contributed by atoms with E-state index in [4.69, 9.17) is 0 Å². The van der Waals surface area contributed by atoms with Crippen LogP contribution in [0.15, 0.2) is 53.6 Å². The van der Waals surface area contributed by atoms with E-state index in [0.717, 1.165) is 11.3 Å². The van der Waals surface area contributed by atoms with E-state index in [0.29, 0.717) is 0 Å². The molecule has 2 amide bonds. The lowest BCUT2D eigenvalue weighted by molar-refractivity contribution is -0.115. The van der Waals surface area contributed by atoms with Gasteiger partial charge in [0, 0.05) is 11.9 Å². The molecule has 0 radical (unpaired) electrons. The molecule has 3 N–H and O–H groups in total. The molecule has 0 spiro atoms. The van der Waals surface area contributed by atoms with Crippen molar-refractivity contribution in [1.82, 2.24) is 5.43 Å². The van der Waals surface area contributed by atoms with Gasteiger partial charge >= 0.3 is 0 Å². The lowest BCUT2D eigenvalue weighted by Crippen LogP contribution is -2.20. The van der Waals surface area contributed by atoms with Crippen molar-refractivity contribution >= 4 is 23.7 Å². The molecule has 0 bridgehead atoms. The Hall–Kier alpha value is -3.15. The highest BCUT2D eigenvalue weighted by atomic mass is 16.3. The SMILES string of the molecule is O=C(NN=CC1C(=O)Nc2ccccc21)c1ccccc1O. The molecule has 3 rings (SSSR count). The number of carbonyl (C=O) groups excluding carboxylic acids is 2. The molecule has 0 saturated heterocycles. The van der Waals surface area contributed by atoms with Crippen molar-refractivity contribution in [2.75, 3.05) is 5.32 Å². The maximum atomic E-state index is 11.9. The van der Waals surface area contributed by atoms with E-state index in [-0.39, 0.29) is 17.2 Å². The largest absolute Gasteiger partial charge is 0.507 e. The number of hydrogen-bond donors (Lipinski definition) is 3. The van der Waals surface area contributed by atoms with Crippen molar-refractivity contribution in [1.29, 1.82) is 0 Å². The molecular weight excluding hydrogens is 282 g/mol. The first kappa shape index (κ1) is 13.8. The first-order valence-corrected chi connectivity index (χ1v) is 6.68. The molecule has 2 aromatic carbocycles. The first-order chi connectivity index (χ1) is 10.7. The van der Waals surface area contributed by atoms with Crippen LogP contribution in [0.4, 0.5) is 5.69 Å². The zero-order valence-corrected chi connectivity index (χ0v) is 11.5. The van der Waals surface area contributed by atoms with Crippen LogP contribution in [0.1, 0.15) is 21.8 Å². The van der Waals surface area contributed by atoms with E-state index in [2.05, 4.69) is 15.8 Å². The van der Waals surface area contributed by atoms with Gasteiger partial charge in [0.2, 0.25) is 5.91 Å². The minimum atomic E-state index is -0.541. The van der Waals surface area contributed by atoms with E-state index in [1.807, 2.05) is 24.3 Å². The molecule has 0 fully saturated rings. The number of phenols is 1. The summed E-state index contributed by atoms with van der Waals surface area (Å²) in [5, 5.41) is 16.2. The molecule has 1 aliphatic rings. The van der Waals surface area contributed by atoms with Crippen LogP contribution in [0, 0.1) is 0 Å². The van der Waals surface area contributed by atoms with Gasteiger partial charge in [0.15, 0.2) is 0 Å². The number of phenolic OH excluding ortho intramolecular Hbond substituents is 1. The fraction of sp³-hybridized carbons (Fsp3) is 0.0625. The third-order valence-corrected chi connectivity index (χ3v) is 3.37. The fourth-order valence-electron chi connectivity index (χ4n) is 2.28. The van der Waals surface area contributed by atoms with Gasteiger partial charge in [0.1, 0.15) is 11.7 Å². The van der Waals surface area contributed by atoms with E-state index < -0.39 is 11.8 Å². The van der Waals surface area contributed by atoms with E-state index in [1.54, 1.807) is 12.1 Å². The van der Waals surface area contributed by atoms with Crippen molar-refractivity contribution < 1.29 is 14.7 Å². The van der Waals surface area contributed by atoms with Gasteiger partial charge in [-0.3, -0.25) is 9.59 Å². The van der Waals surface area contributed by atoms with E-state index in [1.165, 1.54) is 18.3 Å². The van der Waals surface area contributed by atoms with Crippen molar-refractivity contribution in [3.8, 4) is 5.75 Å². The second-order valence-corrected chi connectivity index (χ2v) is 4.79. The highest BCUT2D eigenvalue weighted by Gasteiger charge is 2.28. The number of nitrogens with zero attached hydrogens (tertiary/aromatic N) is 1. The number of rotatable bonds is 3. The van der Waals surface area contributed by atoms with Crippen LogP contribution in [-0.4, -0.2) is 23.1 Å². The van der Waals surface area contributed by atoms with Crippen LogP contribution in [0.25, 0.3) is 0 Å². The Morgan fingerprint density at radius 3 is 2.73 bits per heavy atom. The molecular formula is C16H13N3O3. The van der Waals surface area contributed by atoms with Crippen molar-refractivity contribution in [3.05, 3.63) is 59.7 Å². The van der Waals surface area contributed by atoms with Crippen LogP contribution >= 0.6 is 0 Å². The highest BCUT2D eigenvalue weighted by molar-refractivity contribution is 6.12. The second kappa shape index (κ2) is 5.69. The Bertz CT molecular complexity index is 771. The fourth-order valence-corrected chi connectivity index (χ4v) is 2.28. The van der Waals surface area contributed by atoms with Gasteiger partial charge < -0.3 is 10.4 Å². The molecule has 6 heteroatoms. The number of amides is 2. The summed E-state index contributed by atoms with van der Waals surface area (Å²) < 4.78 is 0. The standard InChI is InChI=1S/C16H13N3O3/c20-14-8-4-2-6-11(14)16(22)19-17-9-12-10-5-1-3-7-13(10)18-15(12)21/h1-9,12,20H,(H,18,21)(H,19,22). The maximum Gasteiger partial charge on any atom is 0.275 e. The van der Waals surface area contributed by atoms with Crippen molar-refractivity contribution in [2.45, 2.75) is 5.92 Å². The average molecular weight is 295 g/mol. The van der Waals surface area contributed by atoms with E-state index >= 15 is 0 Å². The molecule has 0 saturated carbocycles. The number of fused-ring (bicyclic) bond motifs is 1. The zero-order chi connectivity index (χ0) is 15.5. The van der Waals surface area contributed by atoms with Gasteiger partial charge in [-0.2, -0.15) is 5.10 Å². The Morgan fingerprint density at radius 1 is 1.18 bits per heavy atom. The predicted molar refractivity (Wildman–Crippen MR) is 81.9 cm³/mol. The summed E-state index contributed by atoms with van der Waals surface area (Å²) in [6.45, 7) is 0. The summed E-state index contributed by atoms with van der Waals surface area (Å²) in [6, 6.07) is 13.5. The number of hydrogen-bond acceptors (Lipinski definition) is 4. The monoisotopic (exact) mass is 295 g/mol. The topological polar surface area (TPSA) is 90.8 Å². The minimum absolute atomic E-state index is 0.121. The van der Waals surface area contributed by atoms with Gasteiger partial charge in [0.25, 0.3) is 5.91 Å². The van der Waals surface area contributed by atoms with Gasteiger partial charge in [-0.1, -0.05) is 30.3 Å². The number of nitrogens with one attached hydrogen (secondary N) is 2. The van der Waals surface area contributed by atoms with Crippen molar-refractivity contribution in [2.24, 2.45) is 5.10 Å². The number of hydrazone groups is 1. The van der Waals surface area contributed by atoms with Crippen molar-refractivity contribution in [3.63, 3.8) is 0 Å². The number of aromatic hydroxyl groups is 1. The normalized spacial score (nSPS) is 16.4. The van der Waals surface area contributed by atoms with E-state index in [9.17, 15) is 14.7 Å². The predicted octanol–water partition coefficient (Wildman–Crippen LogP) is 1.84. The summed E-state index contributed by atoms with van der Waals surface area (Å²) in [5.41, 5.74) is 3.99. The van der Waals surface area contributed by atoms with Gasteiger partial charge in [-0.15, -0.1) is 0 Å². The van der Waals surface area contributed by atoms with Gasteiger partial charge in [-0.05, 0) is 23.8 Å². The molecule has 22 heavy (non-hydrogen) atoms. The third-order valence-electron chi connectivity index (χ3n) is 3.37. The van der Waals surface area contributed by atoms with Crippen LogP contribution in [0.5, 0.6) is 5.75 Å². The minimum Gasteiger partial charge on any atom is -0.507 e. The zero-order valence-electron chi connectivity index (χ0n) is 11.5. The Balaban J connectivity index is 1.72. The lowest BCUT2D eigenvalue weighted by atomic mass is 10.0. The number of carbonyl (C=O) groups is 2. The molecule has 0 aliphatic carbocycles. The molecule has 2 aromatic rings. The second-order valence-electron chi connectivity index (χ2n) is 4.79. The summed E-state index contributed by atoms with van der Waals surface area (Å²) >= 11 is 0. The quantitative estimate of drug-likeness (QED) is 0.596. The van der Waals surface area contributed by atoms with Crippen LogP contribution < -0.4 is 10.7 Å². The van der Waals surface area contributed by atoms with Gasteiger partial charge in [-0.25, -0.2) is 5.43 Å². The Morgan fingerprint density at radius 2 is 1.91 bits per heavy atom. The molecule has 1 atom stereocenters. The summed E-state index contributed by atoms with van der Waals surface area (Å²) in [4.78, 5) is 23.8. The third kappa shape index (κ3) is 2.54. The smallest absolute Gasteiger partial charge is 0.275 e. The summed E-state index contributed by atoms with van der Waals surface area (Å²) in [6.07, 6.45) is 1.37. The molecule has 1 unspecified atom stereocenters. The summed E-state index contributed by atoms with van der Waals surface area (Å²) in [5.74, 6) is -1.40.